The first-order valence-electron chi connectivity index (χ1n) is 35.4. The van der Waals surface area contributed by atoms with Crippen molar-refractivity contribution in [3.05, 3.63) is 35.9 Å². The van der Waals surface area contributed by atoms with Gasteiger partial charge in [0.1, 0.15) is 78.5 Å². The van der Waals surface area contributed by atoms with Crippen LogP contribution in [0.3, 0.4) is 0 Å². The number of aliphatic imine (C=N–C) groups is 1. The van der Waals surface area contributed by atoms with E-state index in [1.54, 1.807) is 58.0 Å². The number of carbonyl (C=O) groups is 15. The monoisotopic (exact) mass is 1450 g/mol. The molecule has 36 nitrogen and oxygen atoms in total. The second-order valence-electron chi connectivity index (χ2n) is 26.8. The number of carbonyl (C=O) groups excluding carboxylic acids is 14. The molecule has 4 heterocycles. The van der Waals surface area contributed by atoms with Gasteiger partial charge in [0.15, 0.2) is 5.96 Å². The Hall–Kier alpha value is -9.58. The lowest BCUT2D eigenvalue weighted by molar-refractivity contribution is -0.149. The highest BCUT2D eigenvalue weighted by Crippen LogP contribution is 2.28. The molecule has 36 heteroatoms. The Labute approximate surface area is 598 Å². The summed E-state index contributed by atoms with van der Waals surface area (Å²) in [6.07, 6.45) is -0.451. The molecule has 103 heavy (non-hydrogen) atoms. The zero-order chi connectivity index (χ0) is 76.4. The van der Waals surface area contributed by atoms with Crippen LogP contribution in [-0.4, -0.2) is 255 Å². The largest absolute Gasteiger partial charge is 0.481 e. The van der Waals surface area contributed by atoms with Crippen molar-refractivity contribution in [3.8, 4) is 0 Å². The van der Waals surface area contributed by atoms with Gasteiger partial charge in [0, 0.05) is 32.6 Å². The molecule has 1 aromatic carbocycles. The summed E-state index contributed by atoms with van der Waals surface area (Å²) in [7, 11) is 0. The number of hydrogen-bond acceptors (Lipinski definition) is 19. The van der Waals surface area contributed by atoms with E-state index in [1.165, 1.54) is 28.5 Å². The zero-order valence-corrected chi connectivity index (χ0v) is 59.7. The van der Waals surface area contributed by atoms with Gasteiger partial charge in [-0.15, -0.1) is 0 Å². The minimum absolute atomic E-state index is 0.0237. The van der Waals surface area contributed by atoms with Gasteiger partial charge in [-0.25, -0.2) is 0 Å². The van der Waals surface area contributed by atoms with Crippen molar-refractivity contribution in [3.63, 3.8) is 0 Å². The molecule has 4 saturated heterocycles. The number of unbranched alkanes of at least 4 members (excludes halogenated alkanes) is 1. The molecular weight excluding hydrogens is 1340 g/mol. The van der Waals surface area contributed by atoms with Crippen LogP contribution in [0.2, 0.25) is 0 Å². The average molecular weight is 1450 g/mol. The van der Waals surface area contributed by atoms with Crippen molar-refractivity contribution in [1.29, 1.82) is 0 Å². The Kier molecular flexibility index (Phi) is 33.4. The lowest BCUT2D eigenvalue weighted by Gasteiger charge is -2.35. The second-order valence-corrected chi connectivity index (χ2v) is 26.8. The molecule has 5 rings (SSSR count). The molecule has 0 bridgehead atoms. The normalized spacial score (nSPS) is 28.2. The zero-order valence-electron chi connectivity index (χ0n) is 59.7. The number of carboxylic acids is 1. The van der Waals surface area contributed by atoms with Gasteiger partial charge in [-0.3, -0.25) is 76.9 Å². The summed E-state index contributed by atoms with van der Waals surface area (Å²) in [6, 6.07) is -10.3. The molecule has 0 saturated carbocycles. The van der Waals surface area contributed by atoms with E-state index in [-0.39, 0.29) is 96.5 Å². The number of aliphatic hydroxyl groups excluding tert-OH is 2. The Morgan fingerprint density at radius 3 is 1.56 bits per heavy atom. The van der Waals surface area contributed by atoms with Crippen LogP contribution in [0.15, 0.2) is 35.3 Å². The van der Waals surface area contributed by atoms with Gasteiger partial charge in [-0.2, -0.15) is 0 Å². The van der Waals surface area contributed by atoms with Gasteiger partial charge in [-0.05, 0) is 115 Å². The molecule has 4 aliphatic rings. The lowest BCUT2D eigenvalue weighted by Crippen LogP contribution is -2.62. The molecule has 4 fully saturated rings. The predicted molar refractivity (Wildman–Crippen MR) is 371 cm³/mol. The number of guanidine groups is 1. The average Bonchev–Trinajstić information content (AvgIpc) is 1.71. The number of nitrogens with zero attached hydrogens (tertiary/aromatic N) is 4. The SMILES string of the molecule is CC[C@H](C)[C@@H]1NC(=O)[C@@H]2CCCN2C(=O)[C@@H]2CCCN2C(=O)[C@H]([C@@H](C)CC)NC(=O)[C@H](CO)NC(=O)[C@H](CCCCN)NC(=O)[C@H]([C@@H](C)O)NC(=O)[C@H](C)NC(=O)[C@H](CCCN=C(N)N)NC(=O)CNC(=O)[C@H](CC(=O)O)NC(=O)[C@@H]2CCCN2C(=O)[C@H](Cc2ccccc2)NC(=O)[C@H](C)NC1=O. The van der Waals surface area contributed by atoms with Crippen LogP contribution < -0.4 is 75.7 Å². The minimum atomic E-state index is -1.85. The number of aliphatic carboxylic acids is 1. The van der Waals surface area contributed by atoms with Gasteiger partial charge in [-0.1, -0.05) is 70.9 Å². The number of carboxylic acid groups (broad SMARTS) is 1. The Morgan fingerprint density at radius 1 is 0.524 bits per heavy atom. The summed E-state index contributed by atoms with van der Waals surface area (Å²) >= 11 is 0. The number of aliphatic hydroxyl groups is 2. The fraction of sp³-hybridized carbons (Fsp3) is 0.672. The van der Waals surface area contributed by atoms with Gasteiger partial charge in [0.25, 0.3) is 0 Å². The van der Waals surface area contributed by atoms with Crippen LogP contribution >= 0.6 is 0 Å². The molecule has 14 amide bonds. The summed E-state index contributed by atoms with van der Waals surface area (Å²) in [5.41, 5.74) is 17.3. The highest BCUT2D eigenvalue weighted by molar-refractivity contribution is 6.01. The summed E-state index contributed by atoms with van der Waals surface area (Å²) in [5, 5.41) is 59.0. The van der Waals surface area contributed by atoms with Crippen molar-refractivity contribution < 1.29 is 87.2 Å². The first-order chi connectivity index (χ1) is 48.8. The van der Waals surface area contributed by atoms with Gasteiger partial charge >= 0.3 is 5.97 Å². The summed E-state index contributed by atoms with van der Waals surface area (Å²) in [4.78, 5) is 219. The maximum atomic E-state index is 14.8. The number of nitrogens with one attached hydrogen (secondary N) is 11. The van der Waals surface area contributed by atoms with Crippen molar-refractivity contribution in [2.45, 2.75) is 229 Å². The van der Waals surface area contributed by atoms with E-state index in [0.29, 0.717) is 37.7 Å². The second kappa shape index (κ2) is 40.9. The third-order valence-electron chi connectivity index (χ3n) is 19.0. The van der Waals surface area contributed by atoms with Crippen LogP contribution in [0, 0.1) is 11.8 Å². The molecule has 0 aliphatic carbocycles. The first-order valence-corrected chi connectivity index (χ1v) is 35.4. The van der Waals surface area contributed by atoms with Crippen LogP contribution in [-0.2, 0) is 78.3 Å². The van der Waals surface area contributed by atoms with E-state index in [2.05, 4.69) is 63.5 Å². The molecule has 572 valence electrons. The summed E-state index contributed by atoms with van der Waals surface area (Å²) in [6.45, 7) is 8.97. The molecule has 20 N–H and O–H groups in total. The van der Waals surface area contributed by atoms with Crippen molar-refractivity contribution >= 4 is 94.6 Å². The molecule has 16 atom stereocenters. The number of rotatable bonds is 18. The fourth-order valence-electron chi connectivity index (χ4n) is 12.6. The number of amides is 14. The molecule has 0 spiro atoms. The van der Waals surface area contributed by atoms with Crippen molar-refractivity contribution in [2.75, 3.05) is 45.9 Å². The standard InChI is InChI=1S/C67H106N18O18/c1-8-35(3)51-62(99)74-37(5)54(91)78-44(31-40-19-11-10-12-20-40)64(101)83-28-16-23-46(83)60(97)77-43(32-50(89)90)56(93)72-33-49(88)75-41(22-15-27-71-67(69)70)57(94)73-38(6)55(92)82-53(39(7)87)63(100)76-42(21-13-14-26-68)58(95)79-45(34-86)59(96)81-52(36(4)9-2)66(103)85-30-18-25-48(85)65(102)84-29-17-24-47(84)61(98)80-51/h10-12,19-20,35-39,41-48,51-53,86-87H,8-9,13-18,21-34,68H2,1-7H3,(H,72,93)(H,73,94)(H,74,99)(H,75,88)(H,76,100)(H,77,97)(H,78,91)(H,79,95)(H,80,98)(H,81,96)(H,82,92)(H,89,90)(H4,69,70,71)/t35-,36-,37-,38-,39+,41-,42-,43-,44-,45-,46-,47-,48-,51-,52-,53-/m0/s1. The predicted octanol–water partition coefficient (Wildman–Crippen LogP) is -5.66. The molecule has 0 aromatic heterocycles. The molecule has 0 unspecified atom stereocenters. The highest BCUT2D eigenvalue weighted by atomic mass is 16.4. The van der Waals surface area contributed by atoms with Crippen LogP contribution in [0.1, 0.15) is 144 Å². The Balaban J connectivity index is 1.51. The molecule has 0 radical (unpaired) electrons. The molecule has 4 aliphatic heterocycles. The maximum Gasteiger partial charge on any atom is 0.305 e. The fourth-order valence-corrected chi connectivity index (χ4v) is 12.6. The summed E-state index contributed by atoms with van der Waals surface area (Å²) < 4.78 is 0. The van der Waals surface area contributed by atoms with Crippen LogP contribution in [0.5, 0.6) is 0 Å². The topological polar surface area (TPSA) is 549 Å². The lowest BCUT2D eigenvalue weighted by atomic mass is 9.96. The van der Waals surface area contributed by atoms with Crippen molar-refractivity contribution in [1.82, 2.24) is 73.2 Å². The number of benzene rings is 1. The maximum absolute atomic E-state index is 14.8. The van der Waals surface area contributed by atoms with E-state index < -0.39 is 205 Å². The van der Waals surface area contributed by atoms with Gasteiger partial charge < -0.3 is 106 Å². The highest BCUT2D eigenvalue weighted by Gasteiger charge is 2.47. The summed E-state index contributed by atoms with van der Waals surface area (Å²) in [5.74, 6) is -15.6. The van der Waals surface area contributed by atoms with E-state index in [4.69, 9.17) is 17.2 Å². The van der Waals surface area contributed by atoms with E-state index in [1.807, 2.05) is 0 Å². The number of nitrogens with two attached hydrogens (primary N) is 3. The number of hydrogen-bond donors (Lipinski definition) is 17. The third-order valence-corrected chi connectivity index (χ3v) is 19.0. The van der Waals surface area contributed by atoms with E-state index >= 15 is 0 Å². The molecule has 1 aromatic rings. The van der Waals surface area contributed by atoms with Gasteiger partial charge in [0.2, 0.25) is 82.7 Å². The van der Waals surface area contributed by atoms with Crippen molar-refractivity contribution in [2.24, 2.45) is 34.0 Å². The Bertz CT molecular complexity index is 3210. The van der Waals surface area contributed by atoms with Crippen LogP contribution in [0.25, 0.3) is 0 Å². The Morgan fingerprint density at radius 2 is 0.990 bits per heavy atom. The first kappa shape index (κ1) is 84.1. The third kappa shape index (κ3) is 24.6. The molecular formula is C67H106N18O18. The van der Waals surface area contributed by atoms with E-state index in [0.717, 1.165) is 6.92 Å². The number of fused-ring (bicyclic) bond motifs is 3. The van der Waals surface area contributed by atoms with E-state index in [9.17, 15) is 87.2 Å². The quantitative estimate of drug-likeness (QED) is 0.0370. The smallest absolute Gasteiger partial charge is 0.305 e. The van der Waals surface area contributed by atoms with Crippen LogP contribution in [0.4, 0.5) is 0 Å². The van der Waals surface area contributed by atoms with Gasteiger partial charge in [0.05, 0.1) is 25.7 Å². The minimum Gasteiger partial charge on any atom is -0.481 e.